The molecule has 0 heterocycles. The first-order valence-electron chi connectivity index (χ1n) is 8.31. The zero-order valence-corrected chi connectivity index (χ0v) is 15.4. The summed E-state index contributed by atoms with van der Waals surface area (Å²) in [4.78, 5) is 22.4. The van der Waals surface area contributed by atoms with Gasteiger partial charge < -0.3 is 10.1 Å². The molecule has 26 heavy (non-hydrogen) atoms. The SMILES string of the molecule is C[C@@H](CCc1ccccc1)NC(=O)[C@@H](C)Oc1ccc([N+](=O)[O-])cc1Cl. The number of rotatable bonds is 8. The van der Waals surface area contributed by atoms with Gasteiger partial charge in [0, 0.05) is 18.2 Å². The number of non-ortho nitro benzene ring substituents is 1. The molecule has 138 valence electrons. The first-order chi connectivity index (χ1) is 12.4. The lowest BCUT2D eigenvalue weighted by Gasteiger charge is -2.19. The van der Waals surface area contributed by atoms with Crippen LogP contribution in [0.5, 0.6) is 5.75 Å². The van der Waals surface area contributed by atoms with E-state index in [0.717, 1.165) is 12.8 Å². The van der Waals surface area contributed by atoms with Crippen LogP contribution in [0.2, 0.25) is 5.02 Å². The van der Waals surface area contributed by atoms with Crippen molar-refractivity contribution in [2.45, 2.75) is 38.8 Å². The average molecular weight is 377 g/mol. The number of carbonyl (C=O) groups excluding carboxylic acids is 1. The van der Waals surface area contributed by atoms with Crippen LogP contribution in [0.3, 0.4) is 0 Å². The molecule has 0 aromatic heterocycles. The van der Waals surface area contributed by atoms with E-state index in [2.05, 4.69) is 17.4 Å². The summed E-state index contributed by atoms with van der Waals surface area (Å²) in [5, 5.41) is 13.7. The summed E-state index contributed by atoms with van der Waals surface area (Å²) in [5.41, 5.74) is 1.09. The molecule has 0 unspecified atom stereocenters. The van der Waals surface area contributed by atoms with E-state index in [0.29, 0.717) is 0 Å². The number of carbonyl (C=O) groups is 1. The third-order valence-electron chi connectivity index (χ3n) is 3.90. The molecule has 2 rings (SSSR count). The number of aryl methyl sites for hydroxylation is 1. The quantitative estimate of drug-likeness (QED) is 0.554. The minimum absolute atomic E-state index is 0.0129. The van der Waals surface area contributed by atoms with E-state index in [4.69, 9.17) is 16.3 Å². The fraction of sp³-hybridized carbons (Fsp3) is 0.316. The number of nitro groups is 1. The Hall–Kier alpha value is -2.60. The summed E-state index contributed by atoms with van der Waals surface area (Å²) >= 11 is 5.98. The fourth-order valence-electron chi connectivity index (χ4n) is 2.40. The predicted molar refractivity (Wildman–Crippen MR) is 101 cm³/mol. The van der Waals surface area contributed by atoms with Gasteiger partial charge >= 0.3 is 0 Å². The lowest BCUT2D eigenvalue weighted by molar-refractivity contribution is -0.384. The maximum Gasteiger partial charge on any atom is 0.271 e. The number of benzene rings is 2. The molecule has 2 aromatic rings. The maximum absolute atomic E-state index is 12.3. The molecule has 2 aromatic carbocycles. The Balaban J connectivity index is 1.86. The van der Waals surface area contributed by atoms with Crippen molar-refractivity contribution in [3.05, 3.63) is 69.2 Å². The van der Waals surface area contributed by atoms with E-state index in [1.807, 2.05) is 25.1 Å². The molecule has 0 saturated heterocycles. The lowest BCUT2D eigenvalue weighted by atomic mass is 10.1. The minimum atomic E-state index is -0.770. The largest absolute Gasteiger partial charge is 0.479 e. The molecule has 6 nitrogen and oxygen atoms in total. The second-order valence-electron chi connectivity index (χ2n) is 6.07. The van der Waals surface area contributed by atoms with Crippen LogP contribution < -0.4 is 10.1 Å². The molecular formula is C19H21ClN2O4. The first-order valence-corrected chi connectivity index (χ1v) is 8.69. The first kappa shape index (κ1) is 19.7. The standard InChI is InChI=1S/C19H21ClN2O4/c1-13(8-9-15-6-4-3-5-7-15)21-19(23)14(2)26-18-11-10-16(22(24)25)12-17(18)20/h3-7,10-14H,8-9H2,1-2H3,(H,21,23)/t13-,14+/m0/s1. The molecular weight excluding hydrogens is 356 g/mol. The summed E-state index contributed by atoms with van der Waals surface area (Å²) in [7, 11) is 0. The Kier molecular flexibility index (Phi) is 6.97. The van der Waals surface area contributed by atoms with Gasteiger partial charge in [-0.3, -0.25) is 14.9 Å². The molecule has 0 aliphatic carbocycles. The van der Waals surface area contributed by atoms with Gasteiger partial charge in [0.2, 0.25) is 0 Å². The highest BCUT2D eigenvalue weighted by atomic mass is 35.5. The molecule has 0 aliphatic rings. The second kappa shape index (κ2) is 9.20. The third-order valence-corrected chi connectivity index (χ3v) is 4.19. The normalized spacial score (nSPS) is 12.9. The Morgan fingerprint density at radius 2 is 1.92 bits per heavy atom. The smallest absolute Gasteiger partial charge is 0.271 e. The number of halogens is 1. The molecule has 0 radical (unpaired) electrons. The topological polar surface area (TPSA) is 81.5 Å². The molecule has 0 saturated carbocycles. The van der Waals surface area contributed by atoms with Crippen LogP contribution in [-0.4, -0.2) is 23.0 Å². The van der Waals surface area contributed by atoms with Crippen molar-refractivity contribution in [2.75, 3.05) is 0 Å². The summed E-state index contributed by atoms with van der Waals surface area (Å²) in [5.74, 6) is -0.0307. The van der Waals surface area contributed by atoms with E-state index < -0.39 is 11.0 Å². The van der Waals surface area contributed by atoms with Crippen molar-refractivity contribution in [3.8, 4) is 5.75 Å². The lowest BCUT2D eigenvalue weighted by Crippen LogP contribution is -2.41. The summed E-state index contributed by atoms with van der Waals surface area (Å²) in [6.45, 7) is 3.55. The summed E-state index contributed by atoms with van der Waals surface area (Å²) in [6.07, 6.45) is 0.903. The Morgan fingerprint density at radius 3 is 2.54 bits per heavy atom. The van der Waals surface area contributed by atoms with Crippen molar-refractivity contribution in [3.63, 3.8) is 0 Å². The van der Waals surface area contributed by atoms with E-state index in [-0.39, 0.29) is 28.4 Å². The van der Waals surface area contributed by atoms with Crippen molar-refractivity contribution in [1.29, 1.82) is 0 Å². The van der Waals surface area contributed by atoms with Gasteiger partial charge in [-0.05, 0) is 38.3 Å². The van der Waals surface area contributed by atoms with E-state index in [1.165, 1.54) is 23.8 Å². The highest BCUT2D eigenvalue weighted by molar-refractivity contribution is 6.32. The molecule has 0 bridgehead atoms. The molecule has 0 spiro atoms. The molecule has 1 amide bonds. The average Bonchev–Trinajstić information content (AvgIpc) is 2.62. The monoisotopic (exact) mass is 376 g/mol. The van der Waals surface area contributed by atoms with Crippen molar-refractivity contribution in [2.24, 2.45) is 0 Å². The molecule has 1 N–H and O–H groups in total. The van der Waals surface area contributed by atoms with Gasteiger partial charge in [-0.2, -0.15) is 0 Å². The van der Waals surface area contributed by atoms with Crippen LogP contribution in [0.4, 0.5) is 5.69 Å². The van der Waals surface area contributed by atoms with E-state index in [1.54, 1.807) is 6.92 Å². The third kappa shape index (κ3) is 5.74. The van der Waals surface area contributed by atoms with Crippen LogP contribution in [0.1, 0.15) is 25.8 Å². The van der Waals surface area contributed by atoms with Crippen LogP contribution >= 0.6 is 11.6 Å². The van der Waals surface area contributed by atoms with Crippen molar-refractivity contribution >= 4 is 23.2 Å². The number of nitrogens with zero attached hydrogens (tertiary/aromatic N) is 1. The number of hydrogen-bond acceptors (Lipinski definition) is 4. The van der Waals surface area contributed by atoms with E-state index in [9.17, 15) is 14.9 Å². The number of nitro benzene ring substituents is 1. The van der Waals surface area contributed by atoms with Crippen LogP contribution in [-0.2, 0) is 11.2 Å². The Bertz CT molecular complexity index is 767. The van der Waals surface area contributed by atoms with Gasteiger partial charge in [0.05, 0.1) is 9.95 Å². The van der Waals surface area contributed by atoms with Gasteiger partial charge in [0.15, 0.2) is 6.10 Å². The predicted octanol–water partition coefficient (Wildman–Crippen LogP) is 4.15. The zero-order valence-electron chi connectivity index (χ0n) is 14.6. The van der Waals surface area contributed by atoms with Gasteiger partial charge in [-0.1, -0.05) is 41.9 Å². The van der Waals surface area contributed by atoms with Crippen molar-refractivity contribution in [1.82, 2.24) is 5.32 Å². The summed E-state index contributed by atoms with van der Waals surface area (Å²) < 4.78 is 5.54. The van der Waals surface area contributed by atoms with Crippen LogP contribution in [0, 0.1) is 10.1 Å². The summed E-state index contributed by atoms with van der Waals surface area (Å²) in [6, 6.07) is 13.9. The van der Waals surface area contributed by atoms with Crippen molar-refractivity contribution < 1.29 is 14.5 Å². The molecule has 7 heteroatoms. The number of amides is 1. The van der Waals surface area contributed by atoms with Crippen LogP contribution in [0.15, 0.2) is 48.5 Å². The highest BCUT2D eigenvalue weighted by Crippen LogP contribution is 2.29. The molecule has 0 fully saturated rings. The zero-order chi connectivity index (χ0) is 19.1. The highest BCUT2D eigenvalue weighted by Gasteiger charge is 2.19. The minimum Gasteiger partial charge on any atom is -0.479 e. The van der Waals surface area contributed by atoms with Gasteiger partial charge in [-0.15, -0.1) is 0 Å². The number of nitrogens with one attached hydrogen (secondary N) is 1. The number of ether oxygens (including phenoxy) is 1. The molecule has 2 atom stereocenters. The fourth-order valence-corrected chi connectivity index (χ4v) is 2.62. The van der Waals surface area contributed by atoms with Gasteiger partial charge in [0.1, 0.15) is 5.75 Å². The Labute approximate surface area is 157 Å². The van der Waals surface area contributed by atoms with Crippen LogP contribution in [0.25, 0.3) is 0 Å². The maximum atomic E-state index is 12.3. The van der Waals surface area contributed by atoms with Gasteiger partial charge in [-0.25, -0.2) is 0 Å². The van der Waals surface area contributed by atoms with Gasteiger partial charge in [0.25, 0.3) is 11.6 Å². The number of hydrogen-bond donors (Lipinski definition) is 1. The second-order valence-corrected chi connectivity index (χ2v) is 6.47. The Morgan fingerprint density at radius 1 is 1.23 bits per heavy atom. The molecule has 0 aliphatic heterocycles. The van der Waals surface area contributed by atoms with E-state index >= 15 is 0 Å².